The first-order valence-electron chi connectivity index (χ1n) is 11.0. The number of hydrogen-bond acceptors (Lipinski definition) is 5. The van der Waals surface area contributed by atoms with E-state index in [-0.39, 0.29) is 18.3 Å². The molecule has 0 aromatic heterocycles. The third kappa shape index (κ3) is 7.97. The van der Waals surface area contributed by atoms with Crippen LogP contribution in [0.3, 0.4) is 0 Å². The molecule has 1 aliphatic carbocycles. The monoisotopic (exact) mass is 440 g/mol. The lowest BCUT2D eigenvalue weighted by Gasteiger charge is -2.27. The van der Waals surface area contributed by atoms with Gasteiger partial charge in [0.1, 0.15) is 6.61 Å². The van der Waals surface area contributed by atoms with Crippen LogP contribution in [0.5, 0.6) is 11.5 Å². The summed E-state index contributed by atoms with van der Waals surface area (Å²) in [6.07, 6.45) is 5.87. The van der Waals surface area contributed by atoms with Crippen LogP contribution < -0.4 is 14.8 Å². The van der Waals surface area contributed by atoms with Gasteiger partial charge in [-0.25, -0.2) is 0 Å². The molecule has 1 aliphatic heterocycles. The van der Waals surface area contributed by atoms with E-state index in [2.05, 4.69) is 17.1 Å². The number of carbonyl (C=O) groups is 1. The number of aryl methyl sites for hydroxylation is 1. The van der Waals surface area contributed by atoms with E-state index in [1.807, 2.05) is 18.2 Å². The van der Waals surface area contributed by atoms with Crippen LogP contribution in [0.1, 0.15) is 44.6 Å². The van der Waals surface area contributed by atoms with E-state index in [9.17, 15) is 4.79 Å². The van der Waals surface area contributed by atoms with Gasteiger partial charge in [0.15, 0.2) is 11.5 Å². The van der Waals surface area contributed by atoms with Crippen molar-refractivity contribution >= 4 is 18.3 Å². The Labute approximate surface area is 187 Å². The minimum absolute atomic E-state index is 0. The Morgan fingerprint density at radius 2 is 1.90 bits per heavy atom. The second-order valence-electron chi connectivity index (χ2n) is 8.31. The van der Waals surface area contributed by atoms with Crippen molar-refractivity contribution in [3.05, 3.63) is 23.8 Å². The smallest absolute Gasteiger partial charge is 0.220 e. The molecule has 1 heterocycles. The summed E-state index contributed by atoms with van der Waals surface area (Å²) in [5.41, 5.74) is 1.09. The van der Waals surface area contributed by atoms with Crippen molar-refractivity contribution in [2.75, 3.05) is 46.6 Å². The van der Waals surface area contributed by atoms with Gasteiger partial charge in [-0.2, -0.15) is 0 Å². The molecule has 7 heteroatoms. The van der Waals surface area contributed by atoms with E-state index in [1.54, 1.807) is 7.11 Å². The molecule has 1 saturated heterocycles. The zero-order chi connectivity index (χ0) is 20.5. The van der Waals surface area contributed by atoms with Gasteiger partial charge >= 0.3 is 0 Å². The van der Waals surface area contributed by atoms with Gasteiger partial charge in [0.25, 0.3) is 0 Å². The average Bonchev–Trinajstić information content (AvgIpc) is 2.75. The molecule has 0 atom stereocenters. The number of morpholine rings is 1. The van der Waals surface area contributed by atoms with Crippen LogP contribution >= 0.6 is 12.4 Å². The molecule has 0 spiro atoms. The van der Waals surface area contributed by atoms with Crippen molar-refractivity contribution in [3.8, 4) is 11.5 Å². The molecular weight excluding hydrogens is 404 g/mol. The minimum Gasteiger partial charge on any atom is -0.493 e. The lowest BCUT2D eigenvalue weighted by molar-refractivity contribution is -0.122. The molecule has 1 aromatic rings. The molecule has 2 fully saturated rings. The number of nitrogens with one attached hydrogen (secondary N) is 1. The summed E-state index contributed by atoms with van der Waals surface area (Å²) in [5, 5.41) is 3.20. The number of carbonyl (C=O) groups excluding carboxylic acids is 1. The maximum absolute atomic E-state index is 12.3. The summed E-state index contributed by atoms with van der Waals surface area (Å²) in [4.78, 5) is 14.6. The maximum atomic E-state index is 12.3. The topological polar surface area (TPSA) is 60.0 Å². The van der Waals surface area contributed by atoms with E-state index in [0.29, 0.717) is 25.5 Å². The van der Waals surface area contributed by atoms with E-state index >= 15 is 0 Å². The SMILES string of the molecule is COc1cc(CCC(=O)N[C@H]2CC[C@H](C)CC2)ccc1OCCN1CCOCC1.Cl. The molecule has 2 aliphatic rings. The predicted octanol–water partition coefficient (Wildman–Crippen LogP) is 3.46. The zero-order valence-electron chi connectivity index (χ0n) is 18.4. The van der Waals surface area contributed by atoms with E-state index < -0.39 is 0 Å². The Balaban J connectivity index is 0.00000320. The Bertz CT molecular complexity index is 644. The van der Waals surface area contributed by atoms with Crippen molar-refractivity contribution in [1.82, 2.24) is 10.2 Å². The quantitative estimate of drug-likeness (QED) is 0.637. The molecular formula is C23H37ClN2O4. The van der Waals surface area contributed by atoms with E-state index in [1.165, 1.54) is 12.8 Å². The highest BCUT2D eigenvalue weighted by molar-refractivity contribution is 5.85. The third-order valence-corrected chi connectivity index (χ3v) is 6.02. The molecule has 0 bridgehead atoms. The number of hydrogen-bond donors (Lipinski definition) is 1. The van der Waals surface area contributed by atoms with E-state index in [0.717, 1.165) is 68.7 Å². The number of rotatable bonds is 9. The van der Waals surface area contributed by atoms with Gasteiger partial charge in [0.05, 0.1) is 20.3 Å². The molecule has 1 saturated carbocycles. The van der Waals surface area contributed by atoms with Crippen LogP contribution in [0.4, 0.5) is 0 Å². The molecule has 0 unspecified atom stereocenters. The van der Waals surface area contributed by atoms with Crippen LogP contribution in [0.15, 0.2) is 18.2 Å². The second-order valence-corrected chi connectivity index (χ2v) is 8.31. The van der Waals surface area contributed by atoms with Gasteiger partial charge < -0.3 is 19.5 Å². The highest BCUT2D eigenvalue weighted by atomic mass is 35.5. The average molecular weight is 441 g/mol. The number of halogens is 1. The molecule has 1 amide bonds. The lowest BCUT2D eigenvalue weighted by atomic mass is 9.87. The van der Waals surface area contributed by atoms with Crippen LogP contribution in [0, 0.1) is 5.92 Å². The first kappa shape index (κ1) is 24.8. The number of benzene rings is 1. The van der Waals surface area contributed by atoms with Gasteiger partial charge in [-0.1, -0.05) is 13.0 Å². The third-order valence-electron chi connectivity index (χ3n) is 6.02. The Hall–Kier alpha value is -1.50. The number of ether oxygens (including phenoxy) is 3. The van der Waals surface area contributed by atoms with Crippen LogP contribution in [-0.2, 0) is 16.0 Å². The summed E-state index contributed by atoms with van der Waals surface area (Å²) in [6, 6.07) is 6.32. The van der Waals surface area contributed by atoms with Crippen LogP contribution in [0.2, 0.25) is 0 Å². The van der Waals surface area contributed by atoms with Gasteiger partial charge in [-0.3, -0.25) is 9.69 Å². The minimum atomic E-state index is 0. The fourth-order valence-electron chi connectivity index (χ4n) is 4.06. The fourth-order valence-corrected chi connectivity index (χ4v) is 4.06. The summed E-state index contributed by atoms with van der Waals surface area (Å²) in [7, 11) is 1.66. The van der Waals surface area contributed by atoms with Crippen molar-refractivity contribution in [1.29, 1.82) is 0 Å². The zero-order valence-corrected chi connectivity index (χ0v) is 19.2. The molecule has 0 radical (unpaired) electrons. The highest BCUT2D eigenvalue weighted by Crippen LogP contribution is 2.29. The van der Waals surface area contributed by atoms with Crippen molar-refractivity contribution < 1.29 is 19.0 Å². The number of nitrogens with zero attached hydrogens (tertiary/aromatic N) is 1. The number of methoxy groups -OCH3 is 1. The largest absolute Gasteiger partial charge is 0.493 e. The molecule has 1 aromatic carbocycles. The summed E-state index contributed by atoms with van der Waals surface area (Å²) < 4.78 is 16.8. The lowest BCUT2D eigenvalue weighted by Crippen LogP contribution is -2.38. The van der Waals surface area contributed by atoms with Crippen LogP contribution in [0.25, 0.3) is 0 Å². The Morgan fingerprint density at radius 3 is 2.60 bits per heavy atom. The molecule has 3 rings (SSSR count). The van der Waals surface area contributed by atoms with Gasteiger partial charge in [0.2, 0.25) is 5.91 Å². The first-order chi connectivity index (χ1) is 14.1. The molecule has 6 nitrogen and oxygen atoms in total. The van der Waals surface area contributed by atoms with Gasteiger partial charge in [-0.05, 0) is 55.7 Å². The molecule has 170 valence electrons. The predicted molar refractivity (Wildman–Crippen MR) is 121 cm³/mol. The summed E-state index contributed by atoms with van der Waals surface area (Å²) in [6.45, 7) is 7.31. The van der Waals surface area contributed by atoms with Crippen molar-refractivity contribution in [2.24, 2.45) is 5.92 Å². The second kappa shape index (κ2) is 13.0. The number of amides is 1. The first-order valence-corrected chi connectivity index (χ1v) is 11.0. The van der Waals surface area contributed by atoms with Crippen LogP contribution in [-0.4, -0.2) is 63.4 Å². The molecule has 1 N–H and O–H groups in total. The maximum Gasteiger partial charge on any atom is 0.220 e. The summed E-state index contributed by atoms with van der Waals surface area (Å²) in [5.74, 6) is 2.43. The standard InChI is InChI=1S/C23H36N2O4.ClH/c1-18-3-7-20(8-4-18)24-23(26)10-6-19-5-9-21(22(17-19)27-2)29-16-13-25-11-14-28-15-12-25;/h5,9,17-18,20H,3-4,6-8,10-16H2,1-2H3,(H,24,26);1H/t18-,20-;. The summed E-state index contributed by atoms with van der Waals surface area (Å²) >= 11 is 0. The normalized spacial score (nSPS) is 22.1. The Kier molecular flexibility index (Phi) is 10.8. The van der Waals surface area contributed by atoms with Crippen molar-refractivity contribution in [2.45, 2.75) is 51.5 Å². The fraction of sp³-hybridized carbons (Fsp3) is 0.696. The molecule has 30 heavy (non-hydrogen) atoms. The van der Waals surface area contributed by atoms with Gasteiger partial charge in [0, 0.05) is 32.1 Å². The van der Waals surface area contributed by atoms with Crippen molar-refractivity contribution in [3.63, 3.8) is 0 Å². The Morgan fingerprint density at radius 1 is 1.17 bits per heavy atom. The highest BCUT2D eigenvalue weighted by Gasteiger charge is 2.19. The van der Waals surface area contributed by atoms with E-state index in [4.69, 9.17) is 14.2 Å². The van der Waals surface area contributed by atoms with Gasteiger partial charge in [-0.15, -0.1) is 12.4 Å².